The Morgan fingerprint density at radius 2 is 2.00 bits per heavy atom. The van der Waals surface area contributed by atoms with Crippen molar-refractivity contribution in [3.63, 3.8) is 0 Å². The summed E-state index contributed by atoms with van der Waals surface area (Å²) in [5, 5.41) is 3.38. The molecule has 1 aromatic heterocycles. The van der Waals surface area contributed by atoms with E-state index in [0.717, 1.165) is 5.56 Å². The van der Waals surface area contributed by atoms with Gasteiger partial charge in [-0.25, -0.2) is 13.1 Å². The number of hydrogen-bond acceptors (Lipinski definition) is 4. The van der Waals surface area contributed by atoms with Crippen LogP contribution in [0.1, 0.15) is 24.2 Å². The van der Waals surface area contributed by atoms with Gasteiger partial charge in [-0.15, -0.1) is 0 Å². The molecule has 0 radical (unpaired) electrons. The maximum atomic E-state index is 12.3. The highest BCUT2D eigenvalue weighted by Crippen LogP contribution is 2.20. The smallest absolute Gasteiger partial charge is 0.240 e. The minimum absolute atomic E-state index is 0.153. The second-order valence-electron chi connectivity index (χ2n) is 5.21. The molecule has 1 heterocycles. The van der Waals surface area contributed by atoms with Crippen LogP contribution in [0.2, 0.25) is 0 Å². The van der Waals surface area contributed by atoms with Crippen LogP contribution in [0.5, 0.6) is 0 Å². The summed E-state index contributed by atoms with van der Waals surface area (Å²) in [4.78, 5) is 0.282. The van der Waals surface area contributed by atoms with Crippen molar-refractivity contribution in [2.75, 3.05) is 0 Å². The lowest BCUT2D eigenvalue weighted by Crippen LogP contribution is -2.23. The second kappa shape index (κ2) is 6.01. The van der Waals surface area contributed by atoms with Gasteiger partial charge in [0.1, 0.15) is 5.76 Å². The third-order valence-electron chi connectivity index (χ3n) is 3.40. The predicted molar refractivity (Wildman–Crippen MR) is 79.0 cm³/mol. The normalized spacial score (nSPS) is 15.2. The standard InChI is InChI=1S/C15H18N2O3S/c18-21(19,17-11-14-4-2-8-20-14)15-5-1-3-12(9-15)10-16-13-6-7-13/h1-5,8-9,13,16-17H,6-7,10-11H2. The van der Waals surface area contributed by atoms with Gasteiger partial charge in [0.2, 0.25) is 10.0 Å². The summed E-state index contributed by atoms with van der Waals surface area (Å²) >= 11 is 0. The average molecular weight is 306 g/mol. The zero-order valence-corrected chi connectivity index (χ0v) is 12.4. The maximum Gasteiger partial charge on any atom is 0.240 e. The van der Waals surface area contributed by atoms with E-state index in [4.69, 9.17) is 4.42 Å². The quantitative estimate of drug-likeness (QED) is 0.821. The summed E-state index contributed by atoms with van der Waals surface area (Å²) in [5.41, 5.74) is 0.975. The van der Waals surface area contributed by atoms with Crippen molar-refractivity contribution in [1.29, 1.82) is 0 Å². The van der Waals surface area contributed by atoms with Gasteiger partial charge >= 0.3 is 0 Å². The third kappa shape index (κ3) is 3.93. The Morgan fingerprint density at radius 1 is 1.14 bits per heavy atom. The predicted octanol–water partition coefficient (Wildman–Crippen LogP) is 2.01. The molecule has 5 nitrogen and oxygen atoms in total. The van der Waals surface area contributed by atoms with Crippen LogP contribution in [0.25, 0.3) is 0 Å². The molecule has 1 aliphatic carbocycles. The van der Waals surface area contributed by atoms with Gasteiger partial charge in [-0.1, -0.05) is 12.1 Å². The highest BCUT2D eigenvalue weighted by atomic mass is 32.2. The molecule has 0 aliphatic heterocycles. The van der Waals surface area contributed by atoms with E-state index in [0.29, 0.717) is 18.3 Å². The van der Waals surface area contributed by atoms with E-state index in [1.54, 1.807) is 30.3 Å². The van der Waals surface area contributed by atoms with Crippen LogP contribution in [0.15, 0.2) is 52.0 Å². The van der Waals surface area contributed by atoms with E-state index in [1.165, 1.54) is 19.1 Å². The van der Waals surface area contributed by atoms with Crippen molar-refractivity contribution in [3.8, 4) is 0 Å². The minimum Gasteiger partial charge on any atom is -0.468 e. The van der Waals surface area contributed by atoms with E-state index in [9.17, 15) is 8.42 Å². The van der Waals surface area contributed by atoms with Gasteiger partial charge in [0.25, 0.3) is 0 Å². The Balaban J connectivity index is 1.67. The van der Waals surface area contributed by atoms with Crippen LogP contribution in [0.3, 0.4) is 0 Å². The lowest BCUT2D eigenvalue weighted by atomic mass is 10.2. The number of nitrogens with one attached hydrogen (secondary N) is 2. The van der Waals surface area contributed by atoms with Gasteiger partial charge in [-0.3, -0.25) is 0 Å². The number of furan rings is 1. The van der Waals surface area contributed by atoms with Gasteiger partial charge in [-0.05, 0) is 42.7 Å². The first-order valence-electron chi connectivity index (χ1n) is 6.98. The molecular weight excluding hydrogens is 288 g/mol. The van der Waals surface area contributed by atoms with Crippen molar-refractivity contribution < 1.29 is 12.8 Å². The summed E-state index contributed by atoms with van der Waals surface area (Å²) in [6.45, 7) is 0.853. The van der Waals surface area contributed by atoms with Crippen molar-refractivity contribution in [2.24, 2.45) is 0 Å². The van der Waals surface area contributed by atoms with Crippen LogP contribution in [0, 0.1) is 0 Å². The fourth-order valence-electron chi connectivity index (χ4n) is 2.03. The Bertz CT molecular complexity index is 691. The molecule has 1 aromatic carbocycles. The average Bonchev–Trinajstić information content (AvgIpc) is 3.17. The van der Waals surface area contributed by atoms with Gasteiger partial charge in [0.05, 0.1) is 17.7 Å². The topological polar surface area (TPSA) is 71.3 Å². The summed E-state index contributed by atoms with van der Waals surface area (Å²) in [7, 11) is -3.52. The number of sulfonamides is 1. The van der Waals surface area contributed by atoms with Crippen molar-refractivity contribution in [2.45, 2.75) is 36.9 Å². The third-order valence-corrected chi connectivity index (χ3v) is 4.80. The van der Waals surface area contributed by atoms with Crippen LogP contribution in [-0.2, 0) is 23.1 Å². The van der Waals surface area contributed by atoms with Crippen molar-refractivity contribution in [1.82, 2.24) is 10.0 Å². The lowest BCUT2D eigenvalue weighted by molar-refractivity contribution is 0.498. The zero-order chi connectivity index (χ0) is 14.7. The molecule has 0 spiro atoms. The molecule has 0 unspecified atom stereocenters. The summed E-state index contributed by atoms with van der Waals surface area (Å²) < 4.78 is 32.2. The van der Waals surface area contributed by atoms with Gasteiger partial charge in [0, 0.05) is 12.6 Å². The molecule has 0 saturated heterocycles. The van der Waals surface area contributed by atoms with Crippen LogP contribution < -0.4 is 10.0 Å². The first-order chi connectivity index (χ1) is 10.1. The molecule has 1 saturated carbocycles. The van der Waals surface area contributed by atoms with Crippen LogP contribution >= 0.6 is 0 Å². The van der Waals surface area contributed by atoms with Crippen LogP contribution in [0.4, 0.5) is 0 Å². The lowest BCUT2D eigenvalue weighted by Gasteiger charge is -2.08. The second-order valence-corrected chi connectivity index (χ2v) is 6.97. The van der Waals surface area contributed by atoms with E-state index in [2.05, 4.69) is 10.0 Å². The molecular formula is C15H18N2O3S. The SMILES string of the molecule is O=S(=O)(NCc1ccco1)c1cccc(CNC2CC2)c1. The molecule has 2 aromatic rings. The molecule has 1 fully saturated rings. The van der Waals surface area contributed by atoms with Crippen LogP contribution in [-0.4, -0.2) is 14.5 Å². The molecule has 3 rings (SSSR count). The minimum atomic E-state index is -3.52. The Kier molecular flexibility index (Phi) is 4.10. The molecule has 6 heteroatoms. The maximum absolute atomic E-state index is 12.3. The van der Waals surface area contributed by atoms with Crippen molar-refractivity contribution in [3.05, 3.63) is 54.0 Å². The summed E-state index contributed by atoms with van der Waals surface area (Å²) in [6, 6.07) is 11.1. The Morgan fingerprint density at radius 3 is 2.71 bits per heavy atom. The first kappa shape index (κ1) is 14.3. The van der Waals surface area contributed by atoms with Gasteiger partial charge in [-0.2, -0.15) is 0 Å². The first-order valence-corrected chi connectivity index (χ1v) is 8.46. The van der Waals surface area contributed by atoms with Gasteiger partial charge in [0.15, 0.2) is 0 Å². The molecule has 1 aliphatic rings. The number of benzene rings is 1. The summed E-state index contributed by atoms with van der Waals surface area (Å²) in [6.07, 6.45) is 3.94. The largest absolute Gasteiger partial charge is 0.468 e. The monoisotopic (exact) mass is 306 g/mol. The molecule has 2 N–H and O–H groups in total. The highest BCUT2D eigenvalue weighted by molar-refractivity contribution is 7.89. The molecule has 112 valence electrons. The highest BCUT2D eigenvalue weighted by Gasteiger charge is 2.20. The zero-order valence-electron chi connectivity index (χ0n) is 11.6. The molecule has 0 atom stereocenters. The molecule has 0 bridgehead atoms. The van der Waals surface area contributed by atoms with Crippen molar-refractivity contribution >= 4 is 10.0 Å². The number of hydrogen-bond donors (Lipinski definition) is 2. The Labute approximate surface area is 124 Å². The van der Waals surface area contributed by atoms with E-state index in [1.807, 2.05) is 6.07 Å². The Hall–Kier alpha value is -1.63. The summed E-state index contributed by atoms with van der Waals surface area (Å²) in [5.74, 6) is 0.588. The molecule has 21 heavy (non-hydrogen) atoms. The van der Waals surface area contributed by atoms with E-state index >= 15 is 0 Å². The fourth-order valence-corrected chi connectivity index (χ4v) is 3.10. The number of rotatable bonds is 7. The molecule has 0 amide bonds. The van der Waals surface area contributed by atoms with E-state index < -0.39 is 10.0 Å². The van der Waals surface area contributed by atoms with Gasteiger partial charge < -0.3 is 9.73 Å². The fraction of sp³-hybridized carbons (Fsp3) is 0.333. The van der Waals surface area contributed by atoms with E-state index in [-0.39, 0.29) is 11.4 Å².